The van der Waals surface area contributed by atoms with Crippen molar-refractivity contribution in [3.05, 3.63) is 34.5 Å². The Hall–Kier alpha value is -2.11. The Morgan fingerprint density at radius 3 is 2.80 bits per heavy atom. The van der Waals surface area contributed by atoms with E-state index in [4.69, 9.17) is 4.52 Å². The molecule has 0 aliphatic heterocycles. The van der Waals surface area contributed by atoms with Crippen LogP contribution in [0.15, 0.2) is 10.6 Å². The number of hydrogen-bond acceptors (Lipinski definition) is 4. The number of carbonyl (C=O) groups is 1. The van der Waals surface area contributed by atoms with Crippen molar-refractivity contribution in [1.82, 2.24) is 20.7 Å². The van der Waals surface area contributed by atoms with Crippen molar-refractivity contribution >= 4 is 5.91 Å². The molecule has 2 aromatic rings. The van der Waals surface area contributed by atoms with Gasteiger partial charge in [-0.2, -0.15) is 5.10 Å². The topological polar surface area (TPSA) is 83.8 Å². The third-order valence-electron chi connectivity index (χ3n) is 3.11. The van der Waals surface area contributed by atoms with E-state index in [1.54, 1.807) is 6.07 Å². The molecule has 108 valence electrons. The summed E-state index contributed by atoms with van der Waals surface area (Å²) in [5, 5.41) is 13.7. The monoisotopic (exact) mass is 276 g/mol. The molecule has 0 aliphatic carbocycles. The summed E-state index contributed by atoms with van der Waals surface area (Å²) in [6.45, 7) is 8.45. The Labute approximate surface area is 117 Å². The summed E-state index contributed by atoms with van der Waals surface area (Å²) < 4.78 is 5.07. The van der Waals surface area contributed by atoms with E-state index in [2.05, 4.69) is 34.5 Å². The first-order valence-corrected chi connectivity index (χ1v) is 6.71. The standard InChI is InChI=1S/C14H20N4O2/c1-8(2)5-11-6-13(20-18-11)14(19)15-7-12-9(3)16-17-10(12)4/h6,8H,5,7H2,1-4H3,(H,15,19)(H,16,17). The number of aromatic nitrogens is 3. The van der Waals surface area contributed by atoms with Crippen molar-refractivity contribution in [1.29, 1.82) is 0 Å². The third-order valence-corrected chi connectivity index (χ3v) is 3.11. The van der Waals surface area contributed by atoms with Gasteiger partial charge >= 0.3 is 0 Å². The van der Waals surface area contributed by atoms with Crippen molar-refractivity contribution in [2.45, 2.75) is 40.7 Å². The number of H-pyrrole nitrogens is 1. The van der Waals surface area contributed by atoms with E-state index in [0.717, 1.165) is 29.1 Å². The number of nitrogens with zero attached hydrogens (tertiary/aromatic N) is 2. The molecule has 0 atom stereocenters. The van der Waals surface area contributed by atoms with Gasteiger partial charge in [-0.3, -0.25) is 9.89 Å². The lowest BCUT2D eigenvalue weighted by Gasteiger charge is -2.02. The van der Waals surface area contributed by atoms with Crippen LogP contribution in [0.4, 0.5) is 0 Å². The first-order chi connectivity index (χ1) is 9.47. The maximum atomic E-state index is 12.0. The van der Waals surface area contributed by atoms with Crippen molar-refractivity contribution in [3.8, 4) is 0 Å². The van der Waals surface area contributed by atoms with Gasteiger partial charge in [0.05, 0.1) is 11.4 Å². The molecule has 1 amide bonds. The normalized spacial score (nSPS) is 11.1. The van der Waals surface area contributed by atoms with Crippen LogP contribution >= 0.6 is 0 Å². The van der Waals surface area contributed by atoms with E-state index in [1.807, 2.05) is 13.8 Å². The molecule has 0 bridgehead atoms. The molecule has 0 radical (unpaired) electrons. The van der Waals surface area contributed by atoms with Crippen molar-refractivity contribution in [2.24, 2.45) is 5.92 Å². The molecule has 2 aromatic heterocycles. The molecule has 0 fully saturated rings. The molecule has 20 heavy (non-hydrogen) atoms. The summed E-state index contributed by atoms with van der Waals surface area (Å²) in [5.41, 5.74) is 3.66. The van der Waals surface area contributed by atoms with Gasteiger partial charge in [0, 0.05) is 23.9 Å². The molecule has 0 saturated heterocycles. The fraction of sp³-hybridized carbons (Fsp3) is 0.500. The number of rotatable bonds is 5. The van der Waals surface area contributed by atoms with Crippen LogP contribution in [0.2, 0.25) is 0 Å². The highest BCUT2D eigenvalue weighted by molar-refractivity contribution is 5.91. The summed E-state index contributed by atoms with van der Waals surface area (Å²) >= 11 is 0. The summed E-state index contributed by atoms with van der Waals surface area (Å²) in [6, 6.07) is 1.70. The van der Waals surface area contributed by atoms with E-state index in [-0.39, 0.29) is 11.7 Å². The largest absolute Gasteiger partial charge is 0.351 e. The van der Waals surface area contributed by atoms with Crippen LogP contribution in [0.1, 0.15) is 47.0 Å². The molecular formula is C14H20N4O2. The maximum absolute atomic E-state index is 12.0. The average molecular weight is 276 g/mol. The van der Waals surface area contributed by atoms with Crippen LogP contribution in [-0.2, 0) is 13.0 Å². The molecule has 0 aromatic carbocycles. The lowest BCUT2D eigenvalue weighted by molar-refractivity contribution is 0.0914. The molecule has 6 heteroatoms. The predicted molar refractivity (Wildman–Crippen MR) is 74.3 cm³/mol. The molecule has 0 spiro atoms. The first-order valence-electron chi connectivity index (χ1n) is 6.71. The van der Waals surface area contributed by atoms with E-state index >= 15 is 0 Å². The Morgan fingerprint density at radius 1 is 1.45 bits per heavy atom. The highest BCUT2D eigenvalue weighted by Crippen LogP contribution is 2.11. The SMILES string of the molecule is Cc1n[nH]c(C)c1CNC(=O)c1cc(CC(C)C)no1. The van der Waals surface area contributed by atoms with Gasteiger partial charge in [-0.25, -0.2) is 0 Å². The second-order valence-corrected chi connectivity index (χ2v) is 5.38. The molecule has 0 unspecified atom stereocenters. The van der Waals surface area contributed by atoms with Crippen LogP contribution in [0.5, 0.6) is 0 Å². The zero-order valence-electron chi connectivity index (χ0n) is 12.3. The van der Waals surface area contributed by atoms with Crippen LogP contribution < -0.4 is 5.32 Å². The zero-order chi connectivity index (χ0) is 14.7. The van der Waals surface area contributed by atoms with Gasteiger partial charge in [0.15, 0.2) is 0 Å². The minimum Gasteiger partial charge on any atom is -0.351 e. The number of nitrogens with one attached hydrogen (secondary N) is 2. The van der Waals surface area contributed by atoms with E-state index < -0.39 is 0 Å². The number of amides is 1. The lowest BCUT2D eigenvalue weighted by Crippen LogP contribution is -2.22. The highest BCUT2D eigenvalue weighted by Gasteiger charge is 2.15. The number of hydrogen-bond donors (Lipinski definition) is 2. The van der Waals surface area contributed by atoms with Crippen LogP contribution in [-0.4, -0.2) is 21.3 Å². The predicted octanol–water partition coefficient (Wildman–Crippen LogP) is 2.14. The van der Waals surface area contributed by atoms with Gasteiger partial charge in [-0.1, -0.05) is 19.0 Å². The Bertz CT molecular complexity index is 579. The summed E-state index contributed by atoms with van der Waals surface area (Å²) in [6.07, 6.45) is 0.802. The van der Waals surface area contributed by atoms with Crippen LogP contribution in [0, 0.1) is 19.8 Å². The lowest BCUT2D eigenvalue weighted by atomic mass is 10.1. The number of aryl methyl sites for hydroxylation is 2. The first kappa shape index (κ1) is 14.3. The molecule has 0 aliphatic rings. The molecular weight excluding hydrogens is 256 g/mol. The second-order valence-electron chi connectivity index (χ2n) is 5.38. The van der Waals surface area contributed by atoms with Gasteiger partial charge in [-0.15, -0.1) is 0 Å². The summed E-state index contributed by atoms with van der Waals surface area (Å²) in [4.78, 5) is 12.0. The molecule has 2 heterocycles. The van der Waals surface area contributed by atoms with Gasteiger partial charge in [-0.05, 0) is 26.2 Å². The van der Waals surface area contributed by atoms with Gasteiger partial charge < -0.3 is 9.84 Å². The maximum Gasteiger partial charge on any atom is 0.290 e. The Balaban J connectivity index is 1.97. The highest BCUT2D eigenvalue weighted by atomic mass is 16.5. The zero-order valence-corrected chi connectivity index (χ0v) is 12.3. The Morgan fingerprint density at radius 2 is 2.20 bits per heavy atom. The van der Waals surface area contributed by atoms with Gasteiger partial charge in [0.2, 0.25) is 5.76 Å². The van der Waals surface area contributed by atoms with Crippen LogP contribution in [0.25, 0.3) is 0 Å². The van der Waals surface area contributed by atoms with E-state index in [1.165, 1.54) is 0 Å². The van der Waals surface area contributed by atoms with Gasteiger partial charge in [0.25, 0.3) is 5.91 Å². The smallest absolute Gasteiger partial charge is 0.290 e. The molecule has 6 nitrogen and oxygen atoms in total. The summed E-state index contributed by atoms with van der Waals surface area (Å²) in [7, 11) is 0. The fourth-order valence-corrected chi connectivity index (χ4v) is 2.02. The second kappa shape index (κ2) is 5.90. The Kier molecular flexibility index (Phi) is 4.22. The van der Waals surface area contributed by atoms with Crippen LogP contribution in [0.3, 0.4) is 0 Å². The minimum absolute atomic E-state index is 0.249. The number of carbonyl (C=O) groups excluding carboxylic acids is 1. The van der Waals surface area contributed by atoms with E-state index in [0.29, 0.717) is 12.5 Å². The van der Waals surface area contributed by atoms with Crippen molar-refractivity contribution in [2.75, 3.05) is 0 Å². The molecule has 0 saturated carbocycles. The van der Waals surface area contributed by atoms with Crippen molar-refractivity contribution < 1.29 is 9.32 Å². The number of aromatic amines is 1. The van der Waals surface area contributed by atoms with Gasteiger partial charge in [0.1, 0.15) is 0 Å². The van der Waals surface area contributed by atoms with E-state index in [9.17, 15) is 4.79 Å². The molecule has 2 N–H and O–H groups in total. The fourth-order valence-electron chi connectivity index (χ4n) is 2.02. The minimum atomic E-state index is -0.257. The average Bonchev–Trinajstić information content (AvgIpc) is 2.95. The quantitative estimate of drug-likeness (QED) is 0.876. The summed E-state index contributed by atoms with van der Waals surface area (Å²) in [5.74, 6) is 0.471. The van der Waals surface area contributed by atoms with Crippen molar-refractivity contribution in [3.63, 3.8) is 0 Å². The third kappa shape index (κ3) is 3.26. The molecule has 2 rings (SSSR count).